The Morgan fingerprint density at radius 1 is 1.13 bits per heavy atom. The van der Waals surface area contributed by atoms with E-state index in [0.717, 1.165) is 22.2 Å². The Balaban J connectivity index is 1.74. The number of halogens is 2. The van der Waals surface area contributed by atoms with E-state index >= 15 is 0 Å². The molecular weight excluding hydrogens is 461 g/mol. The molecule has 162 valence electrons. The van der Waals surface area contributed by atoms with Crippen LogP contribution in [-0.4, -0.2) is 34.7 Å². The van der Waals surface area contributed by atoms with Gasteiger partial charge in [0.15, 0.2) is 0 Å². The van der Waals surface area contributed by atoms with Crippen LogP contribution >= 0.6 is 35.0 Å². The van der Waals surface area contributed by atoms with Crippen molar-refractivity contribution in [1.82, 2.24) is 4.90 Å². The molecule has 6 nitrogen and oxygen atoms in total. The van der Waals surface area contributed by atoms with E-state index < -0.39 is 23.7 Å². The molecular formula is C22H19Cl2NO5S. The molecule has 2 aromatic carbocycles. The topological polar surface area (TPSA) is 72.9 Å². The number of esters is 1. The zero-order chi connectivity index (χ0) is 22.5. The van der Waals surface area contributed by atoms with Gasteiger partial charge in [-0.15, -0.1) is 0 Å². The lowest BCUT2D eigenvalue weighted by atomic mass is 10.1. The molecule has 1 fully saturated rings. The molecule has 1 aliphatic rings. The van der Waals surface area contributed by atoms with E-state index in [1.165, 1.54) is 0 Å². The van der Waals surface area contributed by atoms with Crippen LogP contribution in [0.2, 0.25) is 10.0 Å². The summed E-state index contributed by atoms with van der Waals surface area (Å²) in [5, 5.41) is 0.366. The third-order valence-electron chi connectivity index (χ3n) is 4.11. The SMILES string of the molecule is CC(C)OC(=O)CN1C(=O)S/C(=C/c2ccccc2OCc2ccc(Cl)c(Cl)c2)C1=O. The third-order valence-corrected chi connectivity index (χ3v) is 5.76. The number of amides is 2. The normalized spacial score (nSPS) is 15.1. The maximum atomic E-state index is 12.6. The van der Waals surface area contributed by atoms with E-state index in [2.05, 4.69) is 0 Å². The average Bonchev–Trinajstić information content (AvgIpc) is 2.96. The number of ether oxygens (including phenoxy) is 2. The summed E-state index contributed by atoms with van der Waals surface area (Å²) in [6.45, 7) is 3.21. The number of carbonyl (C=O) groups excluding carboxylic acids is 3. The minimum absolute atomic E-state index is 0.202. The molecule has 2 aromatic rings. The summed E-state index contributed by atoms with van der Waals surface area (Å²) in [7, 11) is 0. The summed E-state index contributed by atoms with van der Waals surface area (Å²) in [5.41, 5.74) is 1.45. The molecule has 1 heterocycles. The Hall–Kier alpha value is -2.48. The highest BCUT2D eigenvalue weighted by Crippen LogP contribution is 2.34. The first-order chi connectivity index (χ1) is 14.7. The number of carbonyl (C=O) groups is 3. The van der Waals surface area contributed by atoms with Crippen LogP contribution < -0.4 is 4.74 Å². The van der Waals surface area contributed by atoms with E-state index in [-0.39, 0.29) is 17.6 Å². The fraction of sp³-hybridized carbons (Fsp3) is 0.227. The number of hydrogen-bond donors (Lipinski definition) is 0. The lowest BCUT2D eigenvalue weighted by Crippen LogP contribution is -2.35. The zero-order valence-electron chi connectivity index (χ0n) is 16.8. The van der Waals surface area contributed by atoms with Crippen molar-refractivity contribution < 1.29 is 23.9 Å². The first-order valence-corrected chi connectivity index (χ1v) is 10.9. The van der Waals surface area contributed by atoms with Gasteiger partial charge in [0.25, 0.3) is 11.1 Å². The van der Waals surface area contributed by atoms with Crippen LogP contribution in [-0.2, 0) is 20.9 Å². The first kappa shape index (κ1) is 23.2. The van der Waals surface area contributed by atoms with Crippen LogP contribution in [0.15, 0.2) is 47.4 Å². The molecule has 0 radical (unpaired) electrons. The Kier molecular flexibility index (Phi) is 7.64. The largest absolute Gasteiger partial charge is 0.488 e. The maximum absolute atomic E-state index is 12.6. The number of rotatable bonds is 7. The van der Waals surface area contributed by atoms with Crippen LogP contribution in [0.5, 0.6) is 5.75 Å². The summed E-state index contributed by atoms with van der Waals surface area (Å²) in [6.07, 6.45) is 1.24. The van der Waals surface area contributed by atoms with Crippen molar-refractivity contribution in [2.75, 3.05) is 6.54 Å². The van der Waals surface area contributed by atoms with Crippen molar-refractivity contribution in [2.45, 2.75) is 26.6 Å². The second-order valence-corrected chi connectivity index (χ2v) is 8.69. The second-order valence-electron chi connectivity index (χ2n) is 6.88. The van der Waals surface area contributed by atoms with Gasteiger partial charge in [0.2, 0.25) is 0 Å². The summed E-state index contributed by atoms with van der Waals surface area (Å²) in [4.78, 5) is 37.8. The molecule has 0 aromatic heterocycles. The van der Waals surface area contributed by atoms with Crippen molar-refractivity contribution in [3.8, 4) is 5.75 Å². The van der Waals surface area contributed by atoms with Crippen molar-refractivity contribution in [1.29, 1.82) is 0 Å². The highest BCUT2D eigenvalue weighted by Gasteiger charge is 2.37. The van der Waals surface area contributed by atoms with Crippen molar-refractivity contribution in [3.63, 3.8) is 0 Å². The highest BCUT2D eigenvalue weighted by molar-refractivity contribution is 8.18. The van der Waals surface area contributed by atoms with Crippen LogP contribution in [0.25, 0.3) is 6.08 Å². The third kappa shape index (κ3) is 6.03. The standard InChI is InChI=1S/C22H19Cl2NO5S/c1-13(2)30-20(26)11-25-21(27)19(31-22(25)28)10-15-5-3-4-6-18(15)29-12-14-7-8-16(23)17(24)9-14/h3-10,13H,11-12H2,1-2H3/b19-10+. The Labute approximate surface area is 194 Å². The Morgan fingerprint density at radius 2 is 1.87 bits per heavy atom. The van der Waals surface area contributed by atoms with Crippen LogP contribution in [0, 0.1) is 0 Å². The van der Waals surface area contributed by atoms with Gasteiger partial charge < -0.3 is 9.47 Å². The molecule has 1 aliphatic heterocycles. The lowest BCUT2D eigenvalue weighted by molar-refractivity contribution is -0.149. The molecule has 0 bridgehead atoms. The predicted molar refractivity (Wildman–Crippen MR) is 121 cm³/mol. The number of hydrogen-bond acceptors (Lipinski definition) is 6. The summed E-state index contributed by atoms with van der Waals surface area (Å²) in [6, 6.07) is 12.3. The summed E-state index contributed by atoms with van der Waals surface area (Å²) < 4.78 is 10.9. The number of nitrogens with zero attached hydrogens (tertiary/aromatic N) is 1. The molecule has 0 unspecified atom stereocenters. The van der Waals surface area contributed by atoms with Crippen molar-refractivity contribution >= 4 is 58.2 Å². The molecule has 1 saturated heterocycles. The molecule has 3 rings (SSSR count). The van der Waals surface area contributed by atoms with Gasteiger partial charge in [0.05, 0.1) is 21.1 Å². The molecule has 2 amide bonds. The number of para-hydroxylation sites is 1. The molecule has 0 N–H and O–H groups in total. The molecule has 9 heteroatoms. The van der Waals surface area contributed by atoms with E-state index in [0.29, 0.717) is 21.4 Å². The summed E-state index contributed by atoms with van der Waals surface area (Å²) in [5.74, 6) is -0.654. The minimum atomic E-state index is -0.635. The van der Waals surface area contributed by atoms with Gasteiger partial charge in [0.1, 0.15) is 18.9 Å². The van der Waals surface area contributed by atoms with Crippen LogP contribution in [0.4, 0.5) is 4.79 Å². The number of thioether (sulfide) groups is 1. The Bertz CT molecular complexity index is 1050. The van der Waals surface area contributed by atoms with E-state index in [9.17, 15) is 14.4 Å². The van der Waals surface area contributed by atoms with Gasteiger partial charge in [-0.3, -0.25) is 19.3 Å². The maximum Gasteiger partial charge on any atom is 0.326 e. The monoisotopic (exact) mass is 479 g/mol. The van der Waals surface area contributed by atoms with Crippen LogP contribution in [0.3, 0.4) is 0 Å². The number of imide groups is 1. The quantitative estimate of drug-likeness (QED) is 0.382. The van der Waals surface area contributed by atoms with Gasteiger partial charge in [0, 0.05) is 5.56 Å². The first-order valence-electron chi connectivity index (χ1n) is 9.35. The lowest BCUT2D eigenvalue weighted by Gasteiger charge is -2.13. The Morgan fingerprint density at radius 3 is 2.58 bits per heavy atom. The predicted octanol–water partition coefficient (Wildman–Crippen LogP) is 5.56. The fourth-order valence-electron chi connectivity index (χ4n) is 2.73. The van der Waals surface area contributed by atoms with Gasteiger partial charge in [-0.2, -0.15) is 0 Å². The van der Waals surface area contributed by atoms with Gasteiger partial charge in [-0.05, 0) is 55.4 Å². The van der Waals surface area contributed by atoms with Gasteiger partial charge in [-0.1, -0.05) is 47.5 Å². The molecule has 0 saturated carbocycles. The highest BCUT2D eigenvalue weighted by atomic mass is 35.5. The second kappa shape index (κ2) is 10.2. The molecule has 0 aliphatic carbocycles. The van der Waals surface area contributed by atoms with E-state index in [1.807, 2.05) is 0 Å². The molecule has 31 heavy (non-hydrogen) atoms. The van der Waals surface area contributed by atoms with Gasteiger partial charge in [-0.25, -0.2) is 0 Å². The van der Waals surface area contributed by atoms with E-state index in [4.69, 9.17) is 32.7 Å². The van der Waals surface area contributed by atoms with Crippen molar-refractivity contribution in [3.05, 3.63) is 68.5 Å². The molecule has 0 spiro atoms. The molecule has 0 atom stereocenters. The van der Waals surface area contributed by atoms with Gasteiger partial charge >= 0.3 is 5.97 Å². The smallest absolute Gasteiger partial charge is 0.326 e. The summed E-state index contributed by atoms with van der Waals surface area (Å²) >= 11 is 12.7. The average molecular weight is 480 g/mol. The zero-order valence-corrected chi connectivity index (χ0v) is 19.1. The van der Waals surface area contributed by atoms with E-state index in [1.54, 1.807) is 62.4 Å². The fourth-order valence-corrected chi connectivity index (χ4v) is 3.88. The van der Waals surface area contributed by atoms with Crippen molar-refractivity contribution in [2.24, 2.45) is 0 Å². The number of benzene rings is 2. The van der Waals surface area contributed by atoms with Crippen LogP contribution in [0.1, 0.15) is 25.0 Å². The minimum Gasteiger partial charge on any atom is -0.488 e.